The summed E-state index contributed by atoms with van der Waals surface area (Å²) < 4.78 is 0. The fourth-order valence-electron chi connectivity index (χ4n) is 3.62. The summed E-state index contributed by atoms with van der Waals surface area (Å²) in [4.78, 5) is 18.4. The quantitative estimate of drug-likeness (QED) is 0.272. The van der Waals surface area contributed by atoms with Crippen molar-refractivity contribution in [2.75, 3.05) is 0 Å². The Morgan fingerprint density at radius 3 is 1.23 bits per heavy atom. The van der Waals surface area contributed by atoms with Crippen LogP contribution in [-0.4, -0.2) is 30.1 Å². The summed E-state index contributed by atoms with van der Waals surface area (Å²) in [5.74, 6) is 0.144. The van der Waals surface area contributed by atoms with E-state index in [0.717, 1.165) is 11.1 Å². The van der Waals surface area contributed by atoms with Crippen LogP contribution < -0.4 is 0 Å². The molecule has 0 saturated carbocycles. The average Bonchev–Trinajstić information content (AvgIpc) is 2.78. The van der Waals surface area contributed by atoms with E-state index < -0.39 is 0 Å². The van der Waals surface area contributed by atoms with E-state index in [1.165, 1.54) is 0 Å². The van der Waals surface area contributed by atoms with Crippen molar-refractivity contribution >= 4 is 0 Å². The van der Waals surface area contributed by atoms with Crippen molar-refractivity contribution < 1.29 is 31.3 Å². The van der Waals surface area contributed by atoms with Crippen molar-refractivity contribution in [3.05, 3.63) is 72.1 Å². The Kier molecular flexibility index (Phi) is 7.47. The predicted octanol–water partition coefficient (Wildman–Crippen LogP) is 6.27. The molecule has 0 radical (unpaired) electrons. The van der Waals surface area contributed by atoms with Gasteiger partial charge < -0.3 is 10.2 Å². The van der Waals surface area contributed by atoms with E-state index in [2.05, 4.69) is 51.5 Å². The molecule has 35 heavy (non-hydrogen) atoms. The smallest absolute Gasteiger partial charge is 0.143 e. The fourth-order valence-corrected chi connectivity index (χ4v) is 3.62. The van der Waals surface area contributed by atoms with Crippen molar-refractivity contribution in [3.63, 3.8) is 0 Å². The van der Waals surface area contributed by atoms with Gasteiger partial charge in [0, 0.05) is 33.5 Å². The predicted molar refractivity (Wildman–Crippen MR) is 135 cm³/mol. The van der Waals surface area contributed by atoms with Crippen LogP contribution in [0.15, 0.2) is 60.9 Å². The van der Waals surface area contributed by atoms with E-state index in [4.69, 9.17) is 9.97 Å². The minimum Gasteiger partial charge on any atom is -0.506 e. The van der Waals surface area contributed by atoms with Crippen molar-refractivity contribution in [3.8, 4) is 45.7 Å². The summed E-state index contributed by atoms with van der Waals surface area (Å²) in [6.07, 6.45) is 3.28. The standard InChI is InChI=1S/C28H30N4O2.Pt/c1-27(2,3)17-13-19(31-21(15-17)25-23(33)9-7-11-29-25)20-14-18(28(4,5)6)16-22(32-20)26-24(34)10-8-12-30-26;/h7-16,33-34H,1-6H3;. The Bertz CT molecular complexity index is 1250. The van der Waals surface area contributed by atoms with Gasteiger partial charge in [0.05, 0.1) is 22.8 Å². The topological polar surface area (TPSA) is 92.0 Å². The fraction of sp³-hybridized carbons (Fsp3) is 0.286. The van der Waals surface area contributed by atoms with Gasteiger partial charge in [-0.2, -0.15) is 0 Å². The molecule has 0 unspecified atom stereocenters. The van der Waals surface area contributed by atoms with E-state index in [-0.39, 0.29) is 43.4 Å². The summed E-state index contributed by atoms with van der Waals surface area (Å²) in [5, 5.41) is 20.9. The molecular formula is C28H30N4O2Pt. The maximum atomic E-state index is 10.4. The van der Waals surface area contributed by atoms with Gasteiger partial charge >= 0.3 is 0 Å². The Balaban J connectivity index is 0.00000342. The van der Waals surface area contributed by atoms with E-state index >= 15 is 0 Å². The summed E-state index contributed by atoms with van der Waals surface area (Å²) in [6.45, 7) is 12.8. The molecule has 184 valence electrons. The molecule has 2 N–H and O–H groups in total. The number of aromatic nitrogens is 4. The molecule has 6 nitrogen and oxygen atoms in total. The van der Waals surface area contributed by atoms with E-state index in [9.17, 15) is 10.2 Å². The molecule has 4 aromatic heterocycles. The largest absolute Gasteiger partial charge is 0.506 e. The van der Waals surface area contributed by atoms with Gasteiger partial charge in [-0.1, -0.05) is 41.5 Å². The molecule has 0 atom stereocenters. The Morgan fingerprint density at radius 1 is 0.571 bits per heavy atom. The number of nitrogens with zero attached hydrogens (tertiary/aromatic N) is 4. The van der Waals surface area contributed by atoms with Crippen LogP contribution in [0.4, 0.5) is 0 Å². The molecule has 0 saturated heterocycles. The minimum absolute atomic E-state index is 0. The van der Waals surface area contributed by atoms with Gasteiger partial charge in [-0.15, -0.1) is 0 Å². The Labute approximate surface area is 220 Å². The van der Waals surface area contributed by atoms with Gasteiger partial charge in [0.1, 0.15) is 22.9 Å². The molecule has 0 spiro atoms. The molecule has 0 aliphatic rings. The third-order valence-corrected chi connectivity index (χ3v) is 5.70. The van der Waals surface area contributed by atoms with Gasteiger partial charge in [0.15, 0.2) is 0 Å². The summed E-state index contributed by atoms with van der Waals surface area (Å²) >= 11 is 0. The molecule has 0 aliphatic heterocycles. The summed E-state index contributed by atoms with van der Waals surface area (Å²) in [7, 11) is 0. The molecule has 0 bridgehead atoms. The van der Waals surface area contributed by atoms with Gasteiger partial charge in [0.25, 0.3) is 0 Å². The van der Waals surface area contributed by atoms with Gasteiger partial charge in [-0.05, 0) is 70.5 Å². The van der Waals surface area contributed by atoms with Crippen LogP contribution >= 0.6 is 0 Å². The van der Waals surface area contributed by atoms with Crippen molar-refractivity contribution in [2.24, 2.45) is 0 Å². The normalized spacial score (nSPS) is 11.7. The first-order chi connectivity index (χ1) is 15.9. The zero-order valence-corrected chi connectivity index (χ0v) is 23.0. The van der Waals surface area contributed by atoms with Crippen LogP contribution in [0.1, 0.15) is 52.7 Å². The van der Waals surface area contributed by atoms with Crippen LogP contribution in [0.2, 0.25) is 0 Å². The molecule has 4 aromatic rings. The van der Waals surface area contributed by atoms with Crippen LogP contribution in [0, 0.1) is 0 Å². The van der Waals surface area contributed by atoms with Crippen LogP contribution in [0.5, 0.6) is 11.5 Å². The number of pyridine rings is 4. The zero-order valence-electron chi connectivity index (χ0n) is 20.8. The second-order valence-corrected chi connectivity index (χ2v) is 10.5. The zero-order chi connectivity index (χ0) is 24.7. The number of hydrogen-bond donors (Lipinski definition) is 2. The molecule has 4 heterocycles. The maximum absolute atomic E-state index is 10.4. The van der Waals surface area contributed by atoms with Gasteiger partial charge in [-0.25, -0.2) is 9.97 Å². The van der Waals surface area contributed by atoms with Crippen molar-refractivity contribution in [1.82, 2.24) is 19.9 Å². The second kappa shape index (κ2) is 9.86. The number of aromatic hydroxyl groups is 2. The monoisotopic (exact) mass is 649 g/mol. The van der Waals surface area contributed by atoms with Crippen molar-refractivity contribution in [1.29, 1.82) is 0 Å². The van der Waals surface area contributed by atoms with E-state index in [1.54, 1.807) is 36.7 Å². The average molecular weight is 650 g/mol. The van der Waals surface area contributed by atoms with Crippen molar-refractivity contribution in [2.45, 2.75) is 52.4 Å². The second-order valence-electron chi connectivity index (χ2n) is 10.5. The minimum atomic E-state index is -0.166. The molecule has 0 amide bonds. The van der Waals surface area contributed by atoms with E-state index in [1.807, 2.05) is 24.3 Å². The molecular weight excluding hydrogens is 619 g/mol. The van der Waals surface area contributed by atoms with Gasteiger partial charge in [-0.3, -0.25) is 9.97 Å². The first-order valence-electron chi connectivity index (χ1n) is 11.3. The first-order valence-corrected chi connectivity index (χ1v) is 11.3. The summed E-state index contributed by atoms with van der Waals surface area (Å²) in [6, 6.07) is 14.6. The van der Waals surface area contributed by atoms with Crippen LogP contribution in [0.3, 0.4) is 0 Å². The summed E-state index contributed by atoms with van der Waals surface area (Å²) in [5.41, 5.74) is 5.07. The molecule has 7 heteroatoms. The number of rotatable bonds is 3. The Hall–Kier alpha value is -3.11. The molecule has 4 rings (SSSR count). The van der Waals surface area contributed by atoms with Crippen LogP contribution in [-0.2, 0) is 31.9 Å². The van der Waals surface area contributed by atoms with Crippen LogP contribution in [0.25, 0.3) is 34.2 Å². The molecule has 0 aliphatic carbocycles. The molecule has 0 fully saturated rings. The Morgan fingerprint density at radius 2 is 0.914 bits per heavy atom. The third kappa shape index (κ3) is 5.76. The SMILES string of the molecule is CC(C)(C)c1cc(-c2cc(C(C)(C)C)cc(-c3ncccc3O)n2)nc(-c2ncccc2O)c1.[Pt]. The first kappa shape index (κ1) is 26.5. The maximum Gasteiger partial charge on any atom is 0.143 e. The van der Waals surface area contributed by atoms with Gasteiger partial charge in [0.2, 0.25) is 0 Å². The number of hydrogen-bond acceptors (Lipinski definition) is 6. The van der Waals surface area contributed by atoms with E-state index in [0.29, 0.717) is 34.2 Å². The molecule has 0 aromatic carbocycles. The third-order valence-electron chi connectivity index (χ3n) is 5.70.